The third-order valence-corrected chi connectivity index (χ3v) is 2.96. The molecule has 1 rings (SSSR count). The van der Waals surface area contributed by atoms with Crippen molar-refractivity contribution < 1.29 is 0 Å². The van der Waals surface area contributed by atoms with Crippen LogP contribution in [0.1, 0.15) is 40.5 Å². The Balaban J connectivity index is 2.58. The Morgan fingerprint density at radius 1 is 1.22 bits per heavy atom. The Morgan fingerprint density at radius 3 is 1.89 bits per heavy atom. The van der Waals surface area contributed by atoms with Gasteiger partial charge in [0.15, 0.2) is 0 Å². The molecule has 0 N–H and O–H groups in total. The largest absolute Gasteiger partial charge is 0.0625 e. The van der Waals surface area contributed by atoms with Crippen LogP contribution in [0.2, 0.25) is 0 Å². The molecule has 0 bridgehead atoms. The molecule has 1 aliphatic rings. The van der Waals surface area contributed by atoms with Gasteiger partial charge in [-0.25, -0.2) is 0 Å². The van der Waals surface area contributed by atoms with E-state index in [0.717, 1.165) is 11.8 Å². The summed E-state index contributed by atoms with van der Waals surface area (Å²) in [6.45, 7) is 9.52. The maximum Gasteiger partial charge on any atom is -0.0326 e. The smallest absolute Gasteiger partial charge is 0.0326 e. The highest BCUT2D eigenvalue weighted by Gasteiger charge is 2.34. The van der Waals surface area contributed by atoms with Gasteiger partial charge < -0.3 is 0 Å². The summed E-state index contributed by atoms with van der Waals surface area (Å²) in [5.41, 5.74) is 0.624. The van der Waals surface area contributed by atoms with Crippen molar-refractivity contribution in [2.24, 2.45) is 17.3 Å². The third-order valence-electron chi connectivity index (χ3n) is 2.96. The topological polar surface area (TPSA) is 0 Å². The Kier molecular flexibility index (Phi) is 1.58. The molecule has 9 heavy (non-hydrogen) atoms. The second kappa shape index (κ2) is 2.00. The SMILES string of the molecule is C[C@@H]1C[C@@H](C)C(C)(C)C1. The lowest BCUT2D eigenvalue weighted by Crippen LogP contribution is -2.13. The van der Waals surface area contributed by atoms with Gasteiger partial charge in [0.1, 0.15) is 0 Å². The van der Waals surface area contributed by atoms with Crippen LogP contribution in [-0.4, -0.2) is 0 Å². The molecule has 0 amide bonds. The van der Waals surface area contributed by atoms with Crippen LogP contribution in [0.15, 0.2) is 0 Å². The van der Waals surface area contributed by atoms with Crippen LogP contribution < -0.4 is 0 Å². The van der Waals surface area contributed by atoms with E-state index in [0.29, 0.717) is 5.41 Å². The first kappa shape index (κ1) is 7.11. The van der Waals surface area contributed by atoms with E-state index in [-0.39, 0.29) is 0 Å². The molecule has 0 aromatic rings. The molecular weight excluding hydrogens is 108 g/mol. The minimum atomic E-state index is 0.624. The first-order valence-electron chi connectivity index (χ1n) is 4.02. The van der Waals surface area contributed by atoms with Gasteiger partial charge in [-0.3, -0.25) is 0 Å². The van der Waals surface area contributed by atoms with Gasteiger partial charge in [0.2, 0.25) is 0 Å². The van der Waals surface area contributed by atoms with E-state index in [1.165, 1.54) is 12.8 Å². The Bertz CT molecular complexity index is 103. The lowest BCUT2D eigenvalue weighted by Gasteiger charge is -2.22. The van der Waals surface area contributed by atoms with Crippen LogP contribution in [0.5, 0.6) is 0 Å². The fourth-order valence-electron chi connectivity index (χ4n) is 2.11. The molecule has 2 atom stereocenters. The van der Waals surface area contributed by atoms with Crippen LogP contribution >= 0.6 is 0 Å². The average Bonchev–Trinajstić information content (AvgIpc) is 1.79. The maximum atomic E-state index is 2.39. The first-order valence-corrected chi connectivity index (χ1v) is 4.02. The highest BCUT2D eigenvalue weighted by atomic mass is 14.4. The second-order valence-corrected chi connectivity index (χ2v) is 4.43. The van der Waals surface area contributed by atoms with Crippen molar-refractivity contribution in [2.75, 3.05) is 0 Å². The molecule has 1 aliphatic carbocycles. The standard InChI is InChI=1S/C9H18/c1-7-5-8(2)9(3,4)6-7/h7-8H,5-6H2,1-4H3/t7-,8-/m1/s1. The van der Waals surface area contributed by atoms with Crippen molar-refractivity contribution in [3.05, 3.63) is 0 Å². The molecule has 0 heteroatoms. The minimum absolute atomic E-state index is 0.624. The summed E-state index contributed by atoms with van der Waals surface area (Å²) in [6, 6.07) is 0. The Labute approximate surface area is 58.7 Å². The molecule has 0 aliphatic heterocycles. The van der Waals surface area contributed by atoms with Gasteiger partial charge in [0, 0.05) is 0 Å². The summed E-state index contributed by atoms with van der Waals surface area (Å²) < 4.78 is 0. The number of rotatable bonds is 0. The number of hydrogen-bond donors (Lipinski definition) is 0. The summed E-state index contributed by atoms with van der Waals surface area (Å²) in [5.74, 6) is 1.91. The van der Waals surface area contributed by atoms with Crippen molar-refractivity contribution in [1.82, 2.24) is 0 Å². The van der Waals surface area contributed by atoms with Gasteiger partial charge in [0.25, 0.3) is 0 Å². The van der Waals surface area contributed by atoms with Crippen LogP contribution in [0.25, 0.3) is 0 Å². The summed E-state index contributed by atoms with van der Waals surface area (Å²) >= 11 is 0. The van der Waals surface area contributed by atoms with E-state index in [4.69, 9.17) is 0 Å². The normalized spacial score (nSPS) is 41.3. The van der Waals surface area contributed by atoms with E-state index < -0.39 is 0 Å². The average molecular weight is 126 g/mol. The molecular formula is C9H18. The molecule has 0 nitrogen and oxygen atoms in total. The van der Waals surface area contributed by atoms with Gasteiger partial charge in [-0.15, -0.1) is 0 Å². The lowest BCUT2D eigenvalue weighted by molar-refractivity contribution is 0.278. The zero-order valence-electron chi connectivity index (χ0n) is 7.07. The van der Waals surface area contributed by atoms with Crippen LogP contribution in [0, 0.1) is 17.3 Å². The monoisotopic (exact) mass is 126 g/mol. The van der Waals surface area contributed by atoms with Crippen molar-refractivity contribution >= 4 is 0 Å². The van der Waals surface area contributed by atoms with Crippen molar-refractivity contribution in [2.45, 2.75) is 40.5 Å². The second-order valence-electron chi connectivity index (χ2n) is 4.43. The molecule has 1 saturated carbocycles. The summed E-state index contributed by atoms with van der Waals surface area (Å²) in [6.07, 6.45) is 2.86. The van der Waals surface area contributed by atoms with Gasteiger partial charge >= 0.3 is 0 Å². The van der Waals surface area contributed by atoms with Gasteiger partial charge in [-0.05, 0) is 30.1 Å². The predicted molar refractivity (Wildman–Crippen MR) is 41.3 cm³/mol. The van der Waals surface area contributed by atoms with E-state index in [2.05, 4.69) is 27.7 Å². The molecule has 0 saturated heterocycles. The number of hydrogen-bond acceptors (Lipinski definition) is 0. The van der Waals surface area contributed by atoms with Gasteiger partial charge in [-0.2, -0.15) is 0 Å². The van der Waals surface area contributed by atoms with E-state index in [1.807, 2.05) is 0 Å². The van der Waals surface area contributed by atoms with E-state index in [9.17, 15) is 0 Å². The van der Waals surface area contributed by atoms with Crippen LogP contribution in [-0.2, 0) is 0 Å². The summed E-state index contributed by atoms with van der Waals surface area (Å²) in [7, 11) is 0. The third kappa shape index (κ3) is 1.28. The molecule has 0 radical (unpaired) electrons. The fourth-order valence-corrected chi connectivity index (χ4v) is 2.11. The lowest BCUT2D eigenvalue weighted by atomic mass is 9.83. The van der Waals surface area contributed by atoms with E-state index in [1.54, 1.807) is 0 Å². The Hall–Kier alpha value is 0. The molecule has 0 aromatic heterocycles. The molecule has 0 heterocycles. The summed E-state index contributed by atoms with van der Waals surface area (Å²) in [4.78, 5) is 0. The molecule has 54 valence electrons. The van der Waals surface area contributed by atoms with Crippen molar-refractivity contribution in [1.29, 1.82) is 0 Å². The molecule has 1 fully saturated rings. The van der Waals surface area contributed by atoms with E-state index >= 15 is 0 Å². The highest BCUT2D eigenvalue weighted by Crippen LogP contribution is 2.45. The van der Waals surface area contributed by atoms with Crippen LogP contribution in [0.3, 0.4) is 0 Å². The zero-order chi connectivity index (χ0) is 7.07. The molecule has 0 unspecified atom stereocenters. The highest BCUT2D eigenvalue weighted by molar-refractivity contribution is 4.85. The Morgan fingerprint density at radius 2 is 1.78 bits per heavy atom. The maximum absolute atomic E-state index is 2.39. The summed E-state index contributed by atoms with van der Waals surface area (Å²) in [5, 5.41) is 0. The van der Waals surface area contributed by atoms with Gasteiger partial charge in [-0.1, -0.05) is 27.7 Å². The molecule has 0 spiro atoms. The first-order chi connectivity index (χ1) is 4.02. The molecule has 0 aromatic carbocycles. The van der Waals surface area contributed by atoms with Crippen molar-refractivity contribution in [3.63, 3.8) is 0 Å². The van der Waals surface area contributed by atoms with Gasteiger partial charge in [0.05, 0.1) is 0 Å². The van der Waals surface area contributed by atoms with Crippen molar-refractivity contribution in [3.8, 4) is 0 Å². The fraction of sp³-hybridized carbons (Fsp3) is 1.00. The van der Waals surface area contributed by atoms with Crippen LogP contribution in [0.4, 0.5) is 0 Å². The predicted octanol–water partition coefficient (Wildman–Crippen LogP) is 3.08. The quantitative estimate of drug-likeness (QED) is 0.468. The minimum Gasteiger partial charge on any atom is -0.0625 e. The zero-order valence-corrected chi connectivity index (χ0v) is 7.07.